The van der Waals surface area contributed by atoms with E-state index in [1.165, 1.54) is 0 Å². The fraction of sp³-hybridized carbons (Fsp3) is 0.533. The Morgan fingerprint density at radius 3 is 2.95 bits per heavy atom. The fourth-order valence-electron chi connectivity index (χ4n) is 2.75. The molecule has 108 valence electrons. The molecule has 5 nitrogen and oxygen atoms in total. The summed E-state index contributed by atoms with van der Waals surface area (Å²) in [6.07, 6.45) is 2.89. The highest BCUT2D eigenvalue weighted by atomic mass is 16.5. The lowest BCUT2D eigenvalue weighted by atomic mass is 10.1. The molecule has 2 aliphatic rings. The van der Waals surface area contributed by atoms with Crippen molar-refractivity contribution >= 4 is 11.3 Å². The zero-order valence-electron chi connectivity index (χ0n) is 11.7. The van der Waals surface area contributed by atoms with Gasteiger partial charge >= 0.3 is 0 Å². The van der Waals surface area contributed by atoms with Crippen LogP contribution in [0.15, 0.2) is 23.0 Å². The van der Waals surface area contributed by atoms with Crippen LogP contribution in [0.4, 0.5) is 5.69 Å². The van der Waals surface area contributed by atoms with Gasteiger partial charge in [0, 0.05) is 30.0 Å². The molecule has 1 unspecified atom stereocenters. The summed E-state index contributed by atoms with van der Waals surface area (Å²) >= 11 is 0. The third-order valence-electron chi connectivity index (χ3n) is 3.84. The summed E-state index contributed by atoms with van der Waals surface area (Å²) in [5.41, 5.74) is 3.00. The van der Waals surface area contributed by atoms with Gasteiger partial charge < -0.3 is 19.4 Å². The van der Waals surface area contributed by atoms with Gasteiger partial charge in [0.25, 0.3) is 0 Å². The number of ether oxygens (including phenoxy) is 2. The molecule has 2 aliphatic heterocycles. The van der Waals surface area contributed by atoms with Gasteiger partial charge in [-0.15, -0.1) is 0 Å². The Labute approximate surface area is 118 Å². The number of pyridine rings is 1. The van der Waals surface area contributed by atoms with Crippen LogP contribution in [-0.2, 0) is 9.47 Å². The molecule has 0 bridgehead atoms. The molecule has 1 N–H and O–H groups in total. The number of aromatic nitrogens is 1. The first-order chi connectivity index (χ1) is 9.74. The lowest BCUT2D eigenvalue weighted by Gasteiger charge is -2.35. The van der Waals surface area contributed by atoms with E-state index in [-0.39, 0.29) is 5.56 Å². The Kier molecular flexibility index (Phi) is 3.89. The molecule has 3 heterocycles. The van der Waals surface area contributed by atoms with Crippen molar-refractivity contribution in [1.29, 1.82) is 0 Å². The molecular weight excluding hydrogens is 256 g/mol. The molecule has 0 spiro atoms. The van der Waals surface area contributed by atoms with Crippen LogP contribution in [0.25, 0.3) is 5.57 Å². The van der Waals surface area contributed by atoms with E-state index in [0.717, 1.165) is 29.9 Å². The summed E-state index contributed by atoms with van der Waals surface area (Å²) in [6.45, 7) is 5.70. The minimum atomic E-state index is -0.0522. The lowest BCUT2D eigenvalue weighted by molar-refractivity contribution is 0.0989. The zero-order valence-corrected chi connectivity index (χ0v) is 11.7. The van der Waals surface area contributed by atoms with Crippen LogP contribution in [0.2, 0.25) is 0 Å². The lowest BCUT2D eigenvalue weighted by Crippen LogP contribution is -2.44. The van der Waals surface area contributed by atoms with Crippen molar-refractivity contribution in [2.45, 2.75) is 19.4 Å². The Balaban J connectivity index is 1.93. The van der Waals surface area contributed by atoms with E-state index in [2.05, 4.69) is 22.9 Å². The van der Waals surface area contributed by atoms with E-state index in [1.807, 2.05) is 6.08 Å². The standard InChI is InChI=1S/C15H20N2O3/c1-11-10-20-7-4-17(11)13-8-14(16-15(18)9-13)12-2-5-19-6-3-12/h2,8-9,11H,3-7,10H2,1H3,(H,16,18). The van der Waals surface area contributed by atoms with Crippen LogP contribution >= 0.6 is 0 Å². The third-order valence-corrected chi connectivity index (χ3v) is 3.84. The molecule has 1 fully saturated rings. The van der Waals surface area contributed by atoms with Crippen LogP contribution in [-0.4, -0.2) is 44.0 Å². The minimum Gasteiger partial charge on any atom is -0.377 e. The quantitative estimate of drug-likeness (QED) is 0.887. The molecule has 0 amide bonds. The first-order valence-electron chi connectivity index (χ1n) is 7.10. The maximum atomic E-state index is 11.9. The average molecular weight is 276 g/mol. The Hall–Kier alpha value is -1.59. The highest BCUT2D eigenvalue weighted by Crippen LogP contribution is 2.24. The fourth-order valence-corrected chi connectivity index (χ4v) is 2.75. The summed E-state index contributed by atoms with van der Waals surface area (Å²) in [7, 11) is 0. The van der Waals surface area contributed by atoms with Gasteiger partial charge in [-0.2, -0.15) is 0 Å². The van der Waals surface area contributed by atoms with Gasteiger partial charge in [0.15, 0.2) is 0 Å². The molecule has 3 rings (SSSR count). The topological polar surface area (TPSA) is 54.6 Å². The summed E-state index contributed by atoms with van der Waals surface area (Å²) in [5, 5.41) is 0. The number of nitrogens with zero attached hydrogens (tertiary/aromatic N) is 1. The van der Waals surface area contributed by atoms with Crippen LogP contribution < -0.4 is 10.5 Å². The van der Waals surface area contributed by atoms with Gasteiger partial charge in [-0.1, -0.05) is 6.08 Å². The van der Waals surface area contributed by atoms with Crippen LogP contribution in [0.3, 0.4) is 0 Å². The molecule has 1 saturated heterocycles. The maximum Gasteiger partial charge on any atom is 0.250 e. The molecule has 1 aromatic rings. The summed E-state index contributed by atoms with van der Waals surface area (Å²) in [4.78, 5) is 17.1. The van der Waals surface area contributed by atoms with Gasteiger partial charge in [-0.25, -0.2) is 0 Å². The molecule has 0 radical (unpaired) electrons. The van der Waals surface area contributed by atoms with Crippen molar-refractivity contribution in [3.8, 4) is 0 Å². The number of aromatic amines is 1. The SMILES string of the molecule is CC1COCCN1c1cc(C2=CCOCC2)[nH]c(=O)c1. The Morgan fingerprint density at radius 2 is 2.20 bits per heavy atom. The van der Waals surface area contributed by atoms with Gasteiger partial charge in [0.2, 0.25) is 5.56 Å². The molecule has 1 aromatic heterocycles. The van der Waals surface area contributed by atoms with Crippen molar-refractivity contribution in [2.75, 3.05) is 37.9 Å². The molecular formula is C15H20N2O3. The van der Waals surface area contributed by atoms with Crippen molar-refractivity contribution in [1.82, 2.24) is 4.98 Å². The second kappa shape index (κ2) is 5.81. The zero-order chi connectivity index (χ0) is 13.9. The van der Waals surface area contributed by atoms with Crippen molar-refractivity contribution < 1.29 is 9.47 Å². The number of nitrogens with one attached hydrogen (secondary N) is 1. The number of morpholine rings is 1. The molecule has 5 heteroatoms. The van der Waals surface area contributed by atoms with E-state index in [4.69, 9.17) is 9.47 Å². The minimum absolute atomic E-state index is 0.0522. The smallest absolute Gasteiger partial charge is 0.250 e. The van der Waals surface area contributed by atoms with Gasteiger partial charge in [0.05, 0.1) is 26.4 Å². The summed E-state index contributed by atoms with van der Waals surface area (Å²) in [6, 6.07) is 4.04. The predicted molar refractivity (Wildman–Crippen MR) is 78.1 cm³/mol. The molecule has 0 saturated carbocycles. The number of anilines is 1. The first kappa shape index (κ1) is 13.4. The number of rotatable bonds is 2. The summed E-state index contributed by atoms with van der Waals surface area (Å²) in [5.74, 6) is 0. The second-order valence-corrected chi connectivity index (χ2v) is 5.29. The van der Waals surface area contributed by atoms with Gasteiger partial charge in [0.1, 0.15) is 0 Å². The van der Waals surface area contributed by atoms with E-state index in [0.29, 0.717) is 32.5 Å². The van der Waals surface area contributed by atoms with Crippen LogP contribution in [0, 0.1) is 0 Å². The molecule has 1 atom stereocenters. The molecule has 0 aliphatic carbocycles. The Bertz CT molecular complexity index is 564. The Morgan fingerprint density at radius 1 is 1.30 bits per heavy atom. The van der Waals surface area contributed by atoms with Crippen LogP contribution in [0.5, 0.6) is 0 Å². The number of H-pyrrole nitrogens is 1. The van der Waals surface area contributed by atoms with E-state index >= 15 is 0 Å². The second-order valence-electron chi connectivity index (χ2n) is 5.29. The highest BCUT2D eigenvalue weighted by molar-refractivity contribution is 5.66. The highest BCUT2D eigenvalue weighted by Gasteiger charge is 2.20. The van der Waals surface area contributed by atoms with Crippen LogP contribution in [0.1, 0.15) is 19.0 Å². The maximum absolute atomic E-state index is 11.9. The normalized spacial score (nSPS) is 23.6. The van der Waals surface area contributed by atoms with Crippen molar-refractivity contribution in [3.63, 3.8) is 0 Å². The van der Waals surface area contributed by atoms with Crippen molar-refractivity contribution in [3.05, 3.63) is 34.3 Å². The summed E-state index contributed by atoms with van der Waals surface area (Å²) < 4.78 is 10.8. The molecule has 20 heavy (non-hydrogen) atoms. The van der Waals surface area contributed by atoms with Crippen molar-refractivity contribution in [2.24, 2.45) is 0 Å². The first-order valence-corrected chi connectivity index (χ1v) is 7.10. The molecule has 0 aromatic carbocycles. The van der Waals surface area contributed by atoms with Gasteiger partial charge in [-0.3, -0.25) is 4.79 Å². The number of hydrogen-bond acceptors (Lipinski definition) is 4. The third kappa shape index (κ3) is 2.78. The van der Waals surface area contributed by atoms with E-state index in [1.54, 1.807) is 6.07 Å². The monoisotopic (exact) mass is 276 g/mol. The van der Waals surface area contributed by atoms with Gasteiger partial charge in [-0.05, 0) is 25.0 Å². The number of hydrogen-bond donors (Lipinski definition) is 1. The largest absolute Gasteiger partial charge is 0.377 e. The average Bonchev–Trinajstić information content (AvgIpc) is 2.48. The predicted octanol–water partition coefficient (Wildman–Crippen LogP) is 1.40. The van der Waals surface area contributed by atoms with E-state index < -0.39 is 0 Å². The van der Waals surface area contributed by atoms with E-state index in [9.17, 15) is 4.79 Å².